The first-order valence-electron chi connectivity index (χ1n) is 3.22. The van der Waals surface area contributed by atoms with Gasteiger partial charge in [0.05, 0.1) is 20.7 Å². The number of nitrogens with zero attached hydrogens (tertiary/aromatic N) is 1. The lowest BCUT2D eigenvalue weighted by Gasteiger charge is -2.27. The van der Waals surface area contributed by atoms with Crippen LogP contribution in [0.25, 0.3) is 0 Å². The van der Waals surface area contributed by atoms with Crippen molar-refractivity contribution in [2.45, 2.75) is 0 Å². The van der Waals surface area contributed by atoms with Crippen LogP contribution in [0.15, 0.2) is 0 Å². The zero-order valence-electron chi connectivity index (χ0n) is 6.88. The minimum atomic E-state index is 0. The number of carbonyl (C=O) groups excluding carboxylic acids is 1. The molecule has 0 aromatic carbocycles. The summed E-state index contributed by atoms with van der Waals surface area (Å²) in [6.45, 7) is 1.36. The van der Waals surface area contributed by atoms with E-state index in [9.17, 15) is 4.79 Å². The van der Waals surface area contributed by atoms with Crippen LogP contribution in [0.3, 0.4) is 0 Å². The summed E-state index contributed by atoms with van der Waals surface area (Å²) in [5.74, 6) is 0. The first kappa shape index (κ1) is 13.3. The molecule has 11 heavy (non-hydrogen) atoms. The summed E-state index contributed by atoms with van der Waals surface area (Å²) < 4.78 is 0.606. The van der Waals surface area contributed by atoms with Gasteiger partial charge in [-0.2, -0.15) is 0 Å². The predicted octanol–water partition coefficient (Wildman–Crippen LogP) is -4.24. The van der Waals surface area contributed by atoms with Crippen molar-refractivity contribution in [3.05, 3.63) is 0 Å². The van der Waals surface area contributed by atoms with Gasteiger partial charge in [0.15, 0.2) is 6.67 Å². The SMILES string of the molecule is C[N+](C)(CCO)CNC=O.[Cl-]. The van der Waals surface area contributed by atoms with E-state index >= 15 is 0 Å². The molecule has 0 heterocycles. The molecule has 2 N–H and O–H groups in total. The van der Waals surface area contributed by atoms with Gasteiger partial charge in [0.1, 0.15) is 6.54 Å². The van der Waals surface area contributed by atoms with Gasteiger partial charge < -0.3 is 27.3 Å². The first-order chi connectivity index (χ1) is 4.62. The maximum atomic E-state index is 9.87. The van der Waals surface area contributed by atoms with Crippen molar-refractivity contribution in [2.75, 3.05) is 33.9 Å². The van der Waals surface area contributed by atoms with Crippen molar-refractivity contribution in [2.24, 2.45) is 0 Å². The largest absolute Gasteiger partial charge is 1.00 e. The van der Waals surface area contributed by atoms with Gasteiger partial charge in [-0.1, -0.05) is 0 Å². The smallest absolute Gasteiger partial charge is 0.211 e. The summed E-state index contributed by atoms with van der Waals surface area (Å²) in [4.78, 5) is 9.87. The Kier molecular flexibility index (Phi) is 7.72. The third-order valence-electron chi connectivity index (χ3n) is 1.31. The first-order valence-corrected chi connectivity index (χ1v) is 3.22. The number of quaternary nitrogens is 1. The molecule has 0 aromatic rings. The topological polar surface area (TPSA) is 49.3 Å². The van der Waals surface area contributed by atoms with Crippen LogP contribution >= 0.6 is 0 Å². The number of aliphatic hydroxyl groups excluding tert-OH is 1. The number of likely N-dealkylation sites (N-methyl/N-ethyl adjacent to an activating group) is 1. The molecule has 0 fully saturated rings. The highest BCUT2D eigenvalue weighted by atomic mass is 35.5. The molecule has 0 radical (unpaired) electrons. The lowest BCUT2D eigenvalue weighted by molar-refractivity contribution is -0.892. The number of nitrogens with one attached hydrogen (secondary N) is 1. The molecule has 0 rings (SSSR count). The minimum Gasteiger partial charge on any atom is -1.00 e. The van der Waals surface area contributed by atoms with Crippen LogP contribution in [0.2, 0.25) is 0 Å². The molecule has 0 bridgehead atoms. The maximum Gasteiger partial charge on any atom is 0.211 e. The second kappa shape index (κ2) is 6.39. The molecule has 0 unspecified atom stereocenters. The molecule has 68 valence electrons. The third kappa shape index (κ3) is 7.58. The van der Waals surface area contributed by atoms with Crippen molar-refractivity contribution in [1.29, 1.82) is 0 Å². The fourth-order valence-corrected chi connectivity index (χ4v) is 0.634. The highest BCUT2D eigenvalue weighted by Gasteiger charge is 2.11. The van der Waals surface area contributed by atoms with Crippen LogP contribution in [0.5, 0.6) is 0 Å². The van der Waals surface area contributed by atoms with Crippen LogP contribution in [-0.4, -0.2) is 49.9 Å². The number of halogens is 1. The van der Waals surface area contributed by atoms with Gasteiger partial charge in [0.25, 0.3) is 0 Å². The Balaban J connectivity index is 0. The van der Waals surface area contributed by atoms with Gasteiger partial charge in [-0.05, 0) is 0 Å². The van der Waals surface area contributed by atoms with E-state index in [1.54, 1.807) is 0 Å². The Morgan fingerprint density at radius 3 is 2.45 bits per heavy atom. The molecule has 0 saturated heterocycles. The summed E-state index contributed by atoms with van der Waals surface area (Å²) in [5, 5.41) is 11.1. The zero-order valence-corrected chi connectivity index (χ0v) is 7.64. The van der Waals surface area contributed by atoms with Gasteiger partial charge in [0, 0.05) is 0 Å². The summed E-state index contributed by atoms with van der Waals surface area (Å²) in [6.07, 6.45) is 0.664. The van der Waals surface area contributed by atoms with E-state index in [0.29, 0.717) is 24.1 Å². The van der Waals surface area contributed by atoms with E-state index in [-0.39, 0.29) is 19.0 Å². The number of hydrogen-bond acceptors (Lipinski definition) is 2. The fraction of sp³-hybridized carbons (Fsp3) is 0.833. The van der Waals surface area contributed by atoms with Crippen LogP contribution < -0.4 is 17.7 Å². The Morgan fingerprint density at radius 2 is 2.09 bits per heavy atom. The van der Waals surface area contributed by atoms with Gasteiger partial charge >= 0.3 is 0 Å². The Bertz CT molecular complexity index is 109. The number of carbonyl (C=O) groups is 1. The zero-order chi connectivity index (χ0) is 8.04. The van der Waals surface area contributed by atoms with Crippen molar-refractivity contribution >= 4 is 6.41 Å². The van der Waals surface area contributed by atoms with E-state index in [1.807, 2.05) is 14.1 Å². The molecule has 5 heteroatoms. The molecule has 0 aliphatic rings. The third-order valence-corrected chi connectivity index (χ3v) is 1.31. The molecule has 0 aliphatic heterocycles. The average molecular weight is 183 g/mol. The number of hydrogen-bond donors (Lipinski definition) is 2. The molecule has 0 spiro atoms. The molecule has 0 aromatic heterocycles. The monoisotopic (exact) mass is 182 g/mol. The normalized spacial score (nSPS) is 10.1. The predicted molar refractivity (Wildman–Crippen MR) is 38.1 cm³/mol. The van der Waals surface area contributed by atoms with Crippen LogP contribution in [0.1, 0.15) is 0 Å². The molecule has 0 aliphatic carbocycles. The van der Waals surface area contributed by atoms with Crippen molar-refractivity contribution in [3.8, 4) is 0 Å². The maximum absolute atomic E-state index is 9.87. The molecule has 4 nitrogen and oxygen atoms in total. The molecular formula is C6H15ClN2O2. The highest BCUT2D eigenvalue weighted by Crippen LogP contribution is 1.90. The van der Waals surface area contributed by atoms with E-state index in [0.717, 1.165) is 0 Å². The average Bonchev–Trinajstić information content (AvgIpc) is 1.84. The summed E-state index contributed by atoms with van der Waals surface area (Å²) in [5.41, 5.74) is 0. The fourth-order valence-electron chi connectivity index (χ4n) is 0.634. The van der Waals surface area contributed by atoms with Crippen LogP contribution in [0, 0.1) is 0 Å². The Hall–Kier alpha value is -0.320. The highest BCUT2D eigenvalue weighted by molar-refractivity contribution is 5.45. The molecule has 0 saturated carbocycles. The number of amides is 1. The molecule has 0 atom stereocenters. The van der Waals surface area contributed by atoms with E-state index < -0.39 is 0 Å². The number of aliphatic hydroxyl groups is 1. The summed E-state index contributed by atoms with van der Waals surface area (Å²) in [7, 11) is 3.87. The van der Waals surface area contributed by atoms with Gasteiger partial charge in [0.2, 0.25) is 6.41 Å². The van der Waals surface area contributed by atoms with Crippen LogP contribution in [0.4, 0.5) is 0 Å². The quantitative estimate of drug-likeness (QED) is 0.257. The summed E-state index contributed by atoms with van der Waals surface area (Å²) in [6, 6.07) is 0. The Morgan fingerprint density at radius 1 is 1.55 bits per heavy atom. The van der Waals surface area contributed by atoms with E-state index in [1.165, 1.54) is 0 Å². The molecular weight excluding hydrogens is 168 g/mol. The lowest BCUT2D eigenvalue weighted by atomic mass is 10.5. The molecule has 1 amide bonds. The Labute approximate surface area is 73.2 Å². The lowest BCUT2D eigenvalue weighted by Crippen LogP contribution is -3.00. The standard InChI is InChI=1S/C6H14N2O2.ClH/c1-8(2,3-4-9)5-7-6-10;/h6,9H,3-5H2,1-2H3;1H. The summed E-state index contributed by atoms with van der Waals surface area (Å²) >= 11 is 0. The van der Waals surface area contributed by atoms with Gasteiger partial charge in [-0.25, -0.2) is 0 Å². The van der Waals surface area contributed by atoms with Crippen molar-refractivity contribution < 1.29 is 26.8 Å². The van der Waals surface area contributed by atoms with Crippen molar-refractivity contribution in [3.63, 3.8) is 0 Å². The number of rotatable bonds is 5. The minimum absolute atomic E-state index is 0. The second-order valence-electron chi connectivity index (χ2n) is 2.86. The van der Waals surface area contributed by atoms with Gasteiger partial charge in [-0.3, -0.25) is 4.79 Å². The van der Waals surface area contributed by atoms with Gasteiger partial charge in [-0.15, -0.1) is 0 Å². The van der Waals surface area contributed by atoms with E-state index in [2.05, 4.69) is 5.32 Å². The second-order valence-corrected chi connectivity index (χ2v) is 2.86. The van der Waals surface area contributed by atoms with Crippen molar-refractivity contribution in [1.82, 2.24) is 5.32 Å². The van der Waals surface area contributed by atoms with E-state index in [4.69, 9.17) is 5.11 Å². The van der Waals surface area contributed by atoms with Crippen LogP contribution in [-0.2, 0) is 4.79 Å².